The number of hydrogen-bond donors (Lipinski definition) is 1. The second kappa shape index (κ2) is 18.1. The Kier molecular flexibility index (Phi) is 13.6. The van der Waals surface area contributed by atoms with Crippen molar-refractivity contribution in [2.75, 3.05) is 0 Å². The molecular weight excluding hydrogens is 833 g/mol. The van der Waals surface area contributed by atoms with Crippen molar-refractivity contribution < 1.29 is 34.4 Å². The van der Waals surface area contributed by atoms with Gasteiger partial charge in [-0.1, -0.05) is 113 Å². The predicted molar refractivity (Wildman–Crippen MR) is 214 cm³/mol. The van der Waals surface area contributed by atoms with Crippen molar-refractivity contribution in [2.24, 2.45) is 17.8 Å². The number of ketones is 1. The molecule has 6 heteroatoms. The van der Waals surface area contributed by atoms with E-state index in [4.69, 9.17) is 14.4 Å². The van der Waals surface area contributed by atoms with E-state index >= 15 is 0 Å². The average Bonchev–Trinajstić information content (AvgIpc) is 3.55. The van der Waals surface area contributed by atoms with Gasteiger partial charge in [0.05, 0.1) is 5.76 Å². The average molecular weight is 884 g/mol. The van der Waals surface area contributed by atoms with Crippen LogP contribution in [0.2, 0.25) is 0 Å². The molecule has 0 bridgehead atoms. The van der Waals surface area contributed by atoms with Gasteiger partial charge in [0.25, 0.3) is 0 Å². The number of carbonyl (C=O) groups is 1. The Morgan fingerprint density at radius 2 is 1.55 bits per heavy atom. The van der Waals surface area contributed by atoms with E-state index in [2.05, 4.69) is 92.7 Å². The summed E-state index contributed by atoms with van der Waals surface area (Å²) in [4.78, 5) is 21.4. The Morgan fingerprint density at radius 1 is 0.849 bits per heavy atom. The normalized spacial score (nSPS) is 12.4. The second-order valence-corrected chi connectivity index (χ2v) is 14.4. The van der Waals surface area contributed by atoms with E-state index in [1.807, 2.05) is 40.1 Å². The fraction of sp³-hybridized carbons (Fsp3) is 0.340. The molecule has 0 fully saturated rings. The molecule has 0 unspecified atom stereocenters. The number of fused-ring (bicyclic) bond motifs is 6. The zero-order valence-corrected chi connectivity index (χ0v) is 34.2. The first-order valence-electron chi connectivity index (χ1n) is 19.1. The molecular formula is C47H51IrN2O3-. The summed E-state index contributed by atoms with van der Waals surface area (Å²) in [6.07, 6.45) is 11.8. The van der Waals surface area contributed by atoms with E-state index in [0.717, 1.165) is 84.0 Å². The molecule has 0 aliphatic heterocycles. The largest absolute Gasteiger partial charge is 0.512 e. The molecule has 7 rings (SSSR count). The van der Waals surface area contributed by atoms with Gasteiger partial charge in [0.1, 0.15) is 11.3 Å². The molecule has 0 spiro atoms. The summed E-state index contributed by atoms with van der Waals surface area (Å²) >= 11 is 0. The maximum Gasteiger partial charge on any atom is 0.162 e. The first-order valence-corrected chi connectivity index (χ1v) is 19.1. The number of aryl methyl sites for hydroxylation is 2. The number of pyridine rings is 2. The first kappa shape index (κ1) is 39.8. The molecule has 277 valence electrons. The fourth-order valence-corrected chi connectivity index (χ4v) is 7.50. The summed E-state index contributed by atoms with van der Waals surface area (Å²) in [5, 5.41) is 13.1. The number of carbonyl (C=O) groups excluding carboxylic acids is 1. The Balaban J connectivity index is 0.000000290. The third-order valence-corrected chi connectivity index (χ3v) is 10.4. The van der Waals surface area contributed by atoms with Crippen LogP contribution in [-0.4, -0.2) is 20.9 Å². The number of nitrogens with zero attached hydrogens (tertiary/aromatic N) is 2. The van der Waals surface area contributed by atoms with Crippen molar-refractivity contribution in [1.82, 2.24) is 9.97 Å². The molecule has 3 aromatic heterocycles. The van der Waals surface area contributed by atoms with E-state index in [-0.39, 0.29) is 43.5 Å². The van der Waals surface area contributed by atoms with Gasteiger partial charge in [-0.15, -0.1) is 23.6 Å². The minimum atomic E-state index is 0. The number of hydrogen-bond acceptors (Lipinski definition) is 5. The monoisotopic (exact) mass is 884 g/mol. The summed E-state index contributed by atoms with van der Waals surface area (Å²) in [5.41, 5.74) is 9.72. The van der Waals surface area contributed by atoms with Crippen LogP contribution in [-0.2, 0) is 44.2 Å². The zero-order valence-electron chi connectivity index (χ0n) is 31.8. The van der Waals surface area contributed by atoms with Crippen LogP contribution < -0.4 is 0 Å². The first-order chi connectivity index (χ1) is 25.3. The third-order valence-electron chi connectivity index (χ3n) is 10.4. The molecule has 5 nitrogen and oxygen atoms in total. The van der Waals surface area contributed by atoms with Gasteiger partial charge < -0.3 is 9.52 Å². The molecule has 1 N–H and O–H groups in total. The number of furan rings is 1. The van der Waals surface area contributed by atoms with Crippen molar-refractivity contribution >= 4 is 27.5 Å². The molecule has 0 saturated heterocycles. The maximum atomic E-state index is 11.7. The molecule has 6 aromatic rings. The van der Waals surface area contributed by atoms with Gasteiger partial charge in [-0.2, -0.15) is 0 Å². The van der Waals surface area contributed by atoms with Gasteiger partial charge in [-0.25, -0.2) is 0 Å². The Labute approximate surface area is 328 Å². The molecule has 1 aliphatic rings. The van der Waals surface area contributed by atoms with Gasteiger partial charge in [-0.3, -0.25) is 14.8 Å². The number of rotatable bonds is 11. The fourth-order valence-electron chi connectivity index (χ4n) is 7.50. The maximum absolute atomic E-state index is 11.7. The number of aliphatic hydroxyl groups excluding tert-OH is 1. The summed E-state index contributed by atoms with van der Waals surface area (Å²) < 4.78 is 6.64. The van der Waals surface area contributed by atoms with Gasteiger partial charge >= 0.3 is 0 Å². The van der Waals surface area contributed by atoms with Crippen molar-refractivity contribution in [1.29, 1.82) is 0 Å². The molecule has 3 heterocycles. The molecule has 0 amide bonds. The SMILES string of the molecule is CC(C)Cc1cnc2c(c1)CCc1c-2oc2c(-c3[c-]c4ccccc4c(-c4ccccc4)c3)nccc12.CCC(CC)C(=O)/C=C(\O)C(CC)CC.[Ir]. The number of benzene rings is 3. The summed E-state index contributed by atoms with van der Waals surface area (Å²) in [5.74, 6) is 2.05. The smallest absolute Gasteiger partial charge is 0.162 e. The molecule has 53 heavy (non-hydrogen) atoms. The van der Waals surface area contributed by atoms with Gasteiger partial charge in [-0.05, 0) is 73.6 Å². The van der Waals surface area contributed by atoms with E-state index in [9.17, 15) is 9.90 Å². The van der Waals surface area contributed by atoms with Gasteiger partial charge in [0.2, 0.25) is 0 Å². The number of aliphatic hydroxyl groups is 1. The van der Waals surface area contributed by atoms with E-state index < -0.39 is 0 Å². The zero-order chi connectivity index (χ0) is 36.8. The molecule has 0 saturated carbocycles. The molecule has 1 radical (unpaired) electrons. The van der Waals surface area contributed by atoms with Crippen LogP contribution in [0.4, 0.5) is 0 Å². The molecule has 0 atom stereocenters. The molecule has 3 aromatic carbocycles. The minimum Gasteiger partial charge on any atom is -0.512 e. The third kappa shape index (κ3) is 8.72. The van der Waals surface area contributed by atoms with Crippen LogP contribution in [0, 0.1) is 23.8 Å². The molecule has 1 aliphatic carbocycles. The standard InChI is InChI=1S/C34H27N2O.C13H24O2.Ir/c1-21(2)16-22-17-25-12-13-28-29-14-15-35-32(34(29)37-33(28)31(25)36-20-22)26-18-24-10-6-7-11-27(24)30(19-26)23-8-4-3-5-9-23;1-5-10(6-2)12(14)9-13(15)11(7-3)8-4;/h3-11,14-15,17,19-21H,12-13,16H2,1-2H3;9-11,14H,5-8H2,1-4H3;/q-1;;/b;12-9-;. The van der Waals surface area contributed by atoms with Gasteiger partial charge in [0, 0.05) is 67.1 Å². The minimum absolute atomic E-state index is 0. The Hall–Kier alpha value is -4.38. The topological polar surface area (TPSA) is 76.2 Å². The van der Waals surface area contributed by atoms with Crippen molar-refractivity contribution in [3.8, 4) is 33.8 Å². The summed E-state index contributed by atoms with van der Waals surface area (Å²) in [6.45, 7) is 12.6. The van der Waals surface area contributed by atoms with E-state index in [0.29, 0.717) is 5.92 Å². The predicted octanol–water partition coefficient (Wildman–Crippen LogP) is 12.3. The van der Waals surface area contributed by atoms with Crippen LogP contribution in [0.15, 0.2) is 101 Å². The van der Waals surface area contributed by atoms with Gasteiger partial charge in [0.15, 0.2) is 11.5 Å². The van der Waals surface area contributed by atoms with Crippen LogP contribution in [0.3, 0.4) is 0 Å². The van der Waals surface area contributed by atoms with Crippen LogP contribution in [0.1, 0.15) is 83.9 Å². The number of aromatic nitrogens is 2. The summed E-state index contributed by atoms with van der Waals surface area (Å²) in [6, 6.07) is 29.2. The van der Waals surface area contributed by atoms with E-state index in [1.54, 1.807) is 0 Å². The van der Waals surface area contributed by atoms with Crippen LogP contribution in [0.5, 0.6) is 0 Å². The van der Waals surface area contributed by atoms with Crippen LogP contribution >= 0.6 is 0 Å². The van der Waals surface area contributed by atoms with Crippen LogP contribution in [0.25, 0.3) is 55.6 Å². The van der Waals surface area contributed by atoms with Crippen molar-refractivity contribution in [3.05, 3.63) is 120 Å². The summed E-state index contributed by atoms with van der Waals surface area (Å²) in [7, 11) is 0. The Morgan fingerprint density at radius 3 is 2.25 bits per heavy atom. The van der Waals surface area contributed by atoms with Crippen molar-refractivity contribution in [2.45, 2.75) is 86.5 Å². The quantitative estimate of drug-likeness (QED) is 0.0797. The second-order valence-electron chi connectivity index (χ2n) is 14.4. The Bertz CT molecular complexity index is 2190. The van der Waals surface area contributed by atoms with E-state index in [1.165, 1.54) is 39.3 Å². The van der Waals surface area contributed by atoms with Crippen molar-refractivity contribution in [3.63, 3.8) is 0 Å². The number of allylic oxidation sites excluding steroid dienone is 2.